The molecule has 2 aromatic rings. The molecule has 2 aromatic heterocycles. The number of hydrogen-bond donors (Lipinski definition) is 2. The van der Waals surface area contributed by atoms with E-state index >= 15 is 0 Å². The number of urea groups is 1. The molecule has 1 fully saturated rings. The third-order valence-electron chi connectivity index (χ3n) is 3.54. The molecule has 3 rings (SSSR count). The first-order chi connectivity index (χ1) is 12.9. The molecule has 0 atom stereocenters. The summed E-state index contributed by atoms with van der Waals surface area (Å²) < 4.78 is 37.3. The normalized spacial score (nSPS) is 13.7. The highest BCUT2D eigenvalue weighted by Gasteiger charge is 2.26. The van der Waals surface area contributed by atoms with Crippen molar-refractivity contribution in [2.75, 3.05) is 19.0 Å². The maximum atomic E-state index is 12.5. The first-order valence-electron chi connectivity index (χ1n) is 8.05. The van der Waals surface area contributed by atoms with Crippen LogP contribution < -0.4 is 19.5 Å². The highest BCUT2D eigenvalue weighted by Crippen LogP contribution is 2.30. The van der Waals surface area contributed by atoms with Gasteiger partial charge in [0.25, 0.3) is 10.0 Å². The quantitative estimate of drug-likeness (QED) is 0.699. The van der Waals surface area contributed by atoms with Crippen LogP contribution in [0.3, 0.4) is 0 Å². The molecule has 0 unspecified atom stereocenters. The zero-order chi connectivity index (χ0) is 19.4. The molecule has 0 spiro atoms. The molecule has 1 aliphatic rings. The fourth-order valence-corrected chi connectivity index (χ4v) is 3.08. The van der Waals surface area contributed by atoms with Crippen LogP contribution in [0.1, 0.15) is 18.7 Å². The van der Waals surface area contributed by atoms with Crippen LogP contribution in [0, 0.1) is 12.8 Å². The Labute approximate surface area is 155 Å². The Kier molecular flexibility index (Phi) is 5.35. The molecule has 2 heterocycles. The third kappa shape index (κ3) is 5.00. The van der Waals surface area contributed by atoms with Gasteiger partial charge in [0.15, 0.2) is 0 Å². The van der Waals surface area contributed by atoms with E-state index in [1.54, 1.807) is 6.92 Å². The van der Waals surface area contributed by atoms with Crippen molar-refractivity contribution in [1.82, 2.24) is 24.7 Å². The van der Waals surface area contributed by atoms with Crippen LogP contribution in [0.4, 0.5) is 10.7 Å². The second-order valence-corrected chi connectivity index (χ2v) is 7.46. The minimum atomic E-state index is -4.22. The lowest BCUT2D eigenvalue weighted by Gasteiger charge is -2.11. The maximum Gasteiger partial charge on any atom is 0.335 e. The van der Waals surface area contributed by atoms with Gasteiger partial charge in [-0.25, -0.2) is 22.9 Å². The maximum absolute atomic E-state index is 12.5. The van der Waals surface area contributed by atoms with Crippen molar-refractivity contribution in [3.05, 3.63) is 24.2 Å². The van der Waals surface area contributed by atoms with E-state index in [4.69, 9.17) is 9.47 Å². The van der Waals surface area contributed by atoms with Gasteiger partial charge in [-0.3, -0.25) is 5.32 Å². The number of nitrogens with one attached hydrogen (secondary N) is 2. The number of methoxy groups -OCH3 is 1. The lowest BCUT2D eigenvalue weighted by atomic mass is 10.4. The van der Waals surface area contributed by atoms with Crippen molar-refractivity contribution in [3.8, 4) is 11.9 Å². The van der Waals surface area contributed by atoms with E-state index in [0.717, 1.165) is 12.8 Å². The Morgan fingerprint density at radius 3 is 2.78 bits per heavy atom. The predicted octanol–water partition coefficient (Wildman–Crippen LogP) is 0.883. The van der Waals surface area contributed by atoms with Crippen LogP contribution in [0.5, 0.6) is 11.9 Å². The number of amides is 2. The fraction of sp³-hybridized carbons (Fsp3) is 0.400. The van der Waals surface area contributed by atoms with E-state index in [-0.39, 0.29) is 22.7 Å². The summed E-state index contributed by atoms with van der Waals surface area (Å²) >= 11 is 0. The lowest BCUT2D eigenvalue weighted by molar-refractivity contribution is 0.256. The van der Waals surface area contributed by atoms with Crippen LogP contribution in [0.2, 0.25) is 0 Å². The molecular weight excluding hydrogens is 376 g/mol. The second-order valence-electron chi connectivity index (χ2n) is 5.81. The minimum Gasteiger partial charge on any atom is -0.476 e. The molecule has 2 amide bonds. The monoisotopic (exact) mass is 394 g/mol. The average Bonchev–Trinajstić information content (AvgIpc) is 3.43. The number of nitrogens with zero attached hydrogens (tertiary/aromatic N) is 4. The van der Waals surface area contributed by atoms with Gasteiger partial charge < -0.3 is 9.47 Å². The van der Waals surface area contributed by atoms with Gasteiger partial charge in [0.05, 0.1) is 13.7 Å². The SMILES string of the molecule is COc1nc(C)nc(NC(=O)NS(=O)(=O)c2cccnc2OCC2CC2)n1. The predicted molar refractivity (Wildman–Crippen MR) is 92.9 cm³/mol. The molecule has 0 bridgehead atoms. The van der Waals surface area contributed by atoms with E-state index in [9.17, 15) is 13.2 Å². The van der Waals surface area contributed by atoms with Gasteiger partial charge in [-0.1, -0.05) is 0 Å². The zero-order valence-corrected chi connectivity index (χ0v) is 15.5. The van der Waals surface area contributed by atoms with Crippen molar-refractivity contribution in [2.45, 2.75) is 24.7 Å². The van der Waals surface area contributed by atoms with Gasteiger partial charge in [-0.2, -0.15) is 15.0 Å². The van der Waals surface area contributed by atoms with E-state index in [0.29, 0.717) is 18.3 Å². The highest BCUT2D eigenvalue weighted by molar-refractivity contribution is 7.90. The molecule has 144 valence electrons. The number of sulfonamides is 1. The van der Waals surface area contributed by atoms with Crippen molar-refractivity contribution < 1.29 is 22.7 Å². The van der Waals surface area contributed by atoms with Crippen LogP contribution >= 0.6 is 0 Å². The number of rotatable bonds is 7. The number of anilines is 1. The summed E-state index contributed by atoms with van der Waals surface area (Å²) in [5, 5.41) is 2.23. The molecular formula is C15H18N6O5S. The highest BCUT2D eigenvalue weighted by atomic mass is 32.2. The Balaban J connectivity index is 1.72. The van der Waals surface area contributed by atoms with E-state index in [1.165, 1.54) is 25.4 Å². The number of aromatic nitrogens is 4. The van der Waals surface area contributed by atoms with Gasteiger partial charge in [0.2, 0.25) is 11.8 Å². The summed E-state index contributed by atoms with van der Waals surface area (Å²) in [6.07, 6.45) is 3.51. The molecule has 0 radical (unpaired) electrons. The number of ether oxygens (including phenoxy) is 2. The smallest absolute Gasteiger partial charge is 0.335 e. The summed E-state index contributed by atoms with van der Waals surface area (Å²) in [4.78, 5) is 27.4. The molecule has 0 aliphatic heterocycles. The average molecular weight is 394 g/mol. The van der Waals surface area contributed by atoms with Gasteiger partial charge in [-0.05, 0) is 37.8 Å². The minimum absolute atomic E-state index is 0.0105. The molecule has 2 N–H and O–H groups in total. The first kappa shape index (κ1) is 18.8. The molecule has 1 saturated carbocycles. The van der Waals surface area contributed by atoms with Crippen LogP contribution in [-0.2, 0) is 10.0 Å². The van der Waals surface area contributed by atoms with Crippen LogP contribution in [0.25, 0.3) is 0 Å². The molecule has 11 nitrogen and oxygen atoms in total. The summed E-state index contributed by atoms with van der Waals surface area (Å²) in [7, 11) is -2.86. The first-order valence-corrected chi connectivity index (χ1v) is 9.54. The molecule has 1 aliphatic carbocycles. The van der Waals surface area contributed by atoms with E-state index in [2.05, 4.69) is 25.3 Å². The Bertz CT molecular complexity index is 947. The Hall–Kier alpha value is -3.02. The molecule has 27 heavy (non-hydrogen) atoms. The fourth-order valence-electron chi connectivity index (χ4n) is 2.08. The van der Waals surface area contributed by atoms with Crippen molar-refractivity contribution in [3.63, 3.8) is 0 Å². The summed E-state index contributed by atoms with van der Waals surface area (Å²) in [5.74, 6) is 0.509. The topological polar surface area (TPSA) is 145 Å². The number of hydrogen-bond acceptors (Lipinski definition) is 9. The Morgan fingerprint density at radius 1 is 1.30 bits per heavy atom. The van der Waals surface area contributed by atoms with Gasteiger partial charge in [-0.15, -0.1) is 0 Å². The summed E-state index contributed by atoms with van der Waals surface area (Å²) in [5.41, 5.74) is 0. The van der Waals surface area contributed by atoms with E-state index in [1.807, 2.05) is 4.72 Å². The lowest BCUT2D eigenvalue weighted by Crippen LogP contribution is -2.35. The van der Waals surface area contributed by atoms with Crippen molar-refractivity contribution >= 4 is 22.0 Å². The molecule has 0 aromatic carbocycles. The van der Waals surface area contributed by atoms with E-state index < -0.39 is 16.1 Å². The number of aryl methyl sites for hydroxylation is 1. The van der Waals surface area contributed by atoms with Crippen molar-refractivity contribution in [1.29, 1.82) is 0 Å². The largest absolute Gasteiger partial charge is 0.476 e. The third-order valence-corrected chi connectivity index (χ3v) is 4.88. The summed E-state index contributed by atoms with van der Waals surface area (Å²) in [6, 6.07) is 1.70. The van der Waals surface area contributed by atoms with Crippen LogP contribution in [-0.4, -0.2) is 48.1 Å². The number of carbonyl (C=O) groups excluding carboxylic acids is 1. The Morgan fingerprint density at radius 2 is 2.07 bits per heavy atom. The molecule has 0 saturated heterocycles. The van der Waals surface area contributed by atoms with Crippen LogP contribution in [0.15, 0.2) is 23.2 Å². The van der Waals surface area contributed by atoms with Crippen molar-refractivity contribution in [2.24, 2.45) is 5.92 Å². The standard InChI is InChI=1S/C15H18N6O5S/c1-9-17-13(20-15(18-9)25-2)19-14(22)21-27(23,24)11-4-3-7-16-12(11)26-8-10-5-6-10/h3-4,7,10H,5-6,8H2,1-2H3,(H2,17,18,19,20,21,22). The molecule has 12 heteroatoms. The zero-order valence-electron chi connectivity index (χ0n) is 14.7. The number of pyridine rings is 1. The second kappa shape index (κ2) is 7.70. The van der Waals surface area contributed by atoms with Gasteiger partial charge >= 0.3 is 12.0 Å². The van der Waals surface area contributed by atoms with Gasteiger partial charge in [0, 0.05) is 6.20 Å². The van der Waals surface area contributed by atoms with Gasteiger partial charge in [0.1, 0.15) is 10.7 Å². The summed E-state index contributed by atoms with van der Waals surface area (Å²) in [6.45, 7) is 1.96. The number of carbonyl (C=O) groups is 1.